The van der Waals surface area contributed by atoms with Crippen LogP contribution in [-0.4, -0.2) is 60.6 Å². The van der Waals surface area contributed by atoms with E-state index < -0.39 is 0 Å². The monoisotopic (exact) mass is 426 g/mol. The zero-order chi connectivity index (χ0) is 14.4. The predicted octanol–water partition coefficient (Wildman–Crippen LogP) is 2.54. The molecule has 2 fully saturated rings. The van der Waals surface area contributed by atoms with Crippen LogP contribution in [0.5, 0.6) is 0 Å². The maximum Gasteiger partial charge on any atom is 0.191 e. The van der Waals surface area contributed by atoms with Crippen molar-refractivity contribution in [2.24, 2.45) is 4.99 Å². The first-order valence-corrected chi connectivity index (χ1v) is 9.11. The molecule has 2 atom stereocenters. The normalized spacial score (nSPS) is 23.8. The van der Waals surface area contributed by atoms with Gasteiger partial charge in [0.05, 0.1) is 6.54 Å². The Hall–Kier alpha value is 0.310. The first-order chi connectivity index (χ1) is 9.70. The van der Waals surface area contributed by atoms with Gasteiger partial charge in [0.2, 0.25) is 0 Å². The maximum atomic E-state index is 4.75. The van der Waals surface area contributed by atoms with E-state index in [-0.39, 0.29) is 24.0 Å². The van der Waals surface area contributed by atoms with Gasteiger partial charge in [-0.3, -0.25) is 9.89 Å². The number of aliphatic imine (C=N–C) groups is 1. The van der Waals surface area contributed by atoms with E-state index in [2.05, 4.69) is 48.2 Å². The molecule has 0 radical (unpaired) electrons. The molecule has 21 heavy (non-hydrogen) atoms. The summed E-state index contributed by atoms with van der Waals surface area (Å²) in [5.74, 6) is 2.31. The van der Waals surface area contributed by atoms with Gasteiger partial charge in [0.25, 0.3) is 0 Å². The molecule has 0 aromatic heterocycles. The molecule has 4 nitrogen and oxygen atoms in total. The van der Waals surface area contributed by atoms with Gasteiger partial charge in [-0.2, -0.15) is 11.8 Å². The molecule has 0 aromatic carbocycles. The topological polar surface area (TPSA) is 39.7 Å². The van der Waals surface area contributed by atoms with E-state index in [9.17, 15) is 0 Å². The molecule has 0 amide bonds. The number of thioether (sulfide) groups is 1. The SMILES string of the molecule is CCNC(=NCC(C)N(C)C1CC1)NCC1CCCS1.I. The fourth-order valence-electron chi connectivity index (χ4n) is 2.55. The standard InChI is InChI=1S/C15H30N4S.HI/c1-4-16-15(18-11-14-6-5-9-20-14)17-10-12(2)19(3)13-7-8-13;/h12-14H,4-11H2,1-3H3,(H2,16,17,18);1H. The smallest absolute Gasteiger partial charge is 0.191 e. The van der Waals surface area contributed by atoms with Crippen molar-refractivity contribution in [2.75, 3.05) is 32.4 Å². The van der Waals surface area contributed by atoms with Crippen molar-refractivity contribution in [3.63, 3.8) is 0 Å². The van der Waals surface area contributed by atoms with Crippen LogP contribution in [-0.2, 0) is 0 Å². The largest absolute Gasteiger partial charge is 0.357 e. The zero-order valence-corrected chi connectivity index (χ0v) is 16.7. The van der Waals surface area contributed by atoms with Gasteiger partial charge in [-0.25, -0.2) is 0 Å². The second-order valence-electron chi connectivity index (χ2n) is 5.98. The van der Waals surface area contributed by atoms with Crippen LogP contribution in [0.1, 0.15) is 39.5 Å². The van der Waals surface area contributed by atoms with Gasteiger partial charge >= 0.3 is 0 Å². The molecule has 2 N–H and O–H groups in total. The van der Waals surface area contributed by atoms with Crippen molar-refractivity contribution in [2.45, 2.75) is 56.9 Å². The van der Waals surface area contributed by atoms with Gasteiger partial charge < -0.3 is 10.6 Å². The Labute approximate surface area is 151 Å². The summed E-state index contributed by atoms with van der Waals surface area (Å²) >= 11 is 2.09. The molecule has 1 aliphatic heterocycles. The Morgan fingerprint density at radius 2 is 2.10 bits per heavy atom. The van der Waals surface area contributed by atoms with Gasteiger partial charge in [-0.1, -0.05) is 0 Å². The summed E-state index contributed by atoms with van der Waals surface area (Å²) in [5, 5.41) is 7.63. The number of hydrogen-bond donors (Lipinski definition) is 2. The fraction of sp³-hybridized carbons (Fsp3) is 0.933. The third-order valence-electron chi connectivity index (χ3n) is 4.20. The summed E-state index contributed by atoms with van der Waals surface area (Å²) in [7, 11) is 2.23. The molecular formula is C15H31IN4S. The molecule has 124 valence electrons. The summed E-state index contributed by atoms with van der Waals surface area (Å²) in [6.07, 6.45) is 5.44. The Morgan fingerprint density at radius 1 is 1.33 bits per heavy atom. The molecule has 2 aliphatic rings. The summed E-state index contributed by atoms with van der Waals surface area (Å²) in [5.41, 5.74) is 0. The first kappa shape index (κ1) is 19.4. The van der Waals surface area contributed by atoms with E-state index in [1.165, 1.54) is 31.4 Å². The predicted molar refractivity (Wildman–Crippen MR) is 105 cm³/mol. The molecule has 6 heteroatoms. The number of nitrogens with one attached hydrogen (secondary N) is 2. The van der Waals surface area contributed by atoms with Crippen LogP contribution in [0.15, 0.2) is 4.99 Å². The van der Waals surface area contributed by atoms with Crippen molar-refractivity contribution in [3.05, 3.63) is 0 Å². The number of halogens is 1. The lowest BCUT2D eigenvalue weighted by molar-refractivity contribution is 0.253. The molecule has 2 unspecified atom stereocenters. The van der Waals surface area contributed by atoms with Crippen molar-refractivity contribution in [1.29, 1.82) is 0 Å². The molecule has 0 spiro atoms. The molecule has 1 aliphatic carbocycles. The van der Waals surface area contributed by atoms with Crippen LogP contribution < -0.4 is 10.6 Å². The van der Waals surface area contributed by atoms with Crippen LogP contribution in [0.25, 0.3) is 0 Å². The van der Waals surface area contributed by atoms with E-state index in [1.807, 2.05) is 0 Å². The highest BCUT2D eigenvalue weighted by molar-refractivity contribution is 14.0. The highest BCUT2D eigenvalue weighted by Gasteiger charge is 2.28. The maximum absolute atomic E-state index is 4.75. The highest BCUT2D eigenvalue weighted by atomic mass is 127. The summed E-state index contributed by atoms with van der Waals surface area (Å²) in [6.45, 7) is 7.25. The number of rotatable bonds is 7. The van der Waals surface area contributed by atoms with Crippen molar-refractivity contribution in [1.82, 2.24) is 15.5 Å². The molecule has 0 aromatic rings. The molecule has 0 bridgehead atoms. The highest BCUT2D eigenvalue weighted by Crippen LogP contribution is 2.27. The Kier molecular flexibility index (Phi) is 9.36. The number of likely N-dealkylation sites (N-methyl/N-ethyl adjacent to an activating group) is 1. The zero-order valence-electron chi connectivity index (χ0n) is 13.6. The third-order valence-corrected chi connectivity index (χ3v) is 5.60. The Bertz CT molecular complexity index is 317. The Balaban J connectivity index is 0.00000220. The number of hydrogen-bond acceptors (Lipinski definition) is 3. The lowest BCUT2D eigenvalue weighted by atomic mass is 10.2. The van der Waals surface area contributed by atoms with Gasteiger partial charge in [-0.15, -0.1) is 24.0 Å². The summed E-state index contributed by atoms with van der Waals surface area (Å²) < 4.78 is 0. The van der Waals surface area contributed by atoms with E-state index >= 15 is 0 Å². The minimum atomic E-state index is 0. The van der Waals surface area contributed by atoms with Gasteiger partial charge in [-0.05, 0) is 52.3 Å². The van der Waals surface area contributed by atoms with Crippen LogP contribution in [0.2, 0.25) is 0 Å². The first-order valence-electron chi connectivity index (χ1n) is 8.06. The third kappa shape index (κ3) is 6.95. The van der Waals surface area contributed by atoms with E-state index in [0.717, 1.165) is 36.9 Å². The van der Waals surface area contributed by atoms with E-state index in [4.69, 9.17) is 4.99 Å². The van der Waals surface area contributed by atoms with Gasteiger partial charge in [0.1, 0.15) is 0 Å². The van der Waals surface area contributed by atoms with Crippen LogP contribution >= 0.6 is 35.7 Å². The van der Waals surface area contributed by atoms with Crippen LogP contribution in [0, 0.1) is 0 Å². The van der Waals surface area contributed by atoms with Crippen molar-refractivity contribution >= 4 is 41.7 Å². The minimum absolute atomic E-state index is 0. The second-order valence-corrected chi connectivity index (χ2v) is 7.39. The van der Waals surface area contributed by atoms with E-state index in [1.54, 1.807) is 0 Å². The average molecular weight is 426 g/mol. The fourth-order valence-corrected chi connectivity index (χ4v) is 3.75. The van der Waals surface area contributed by atoms with Crippen molar-refractivity contribution in [3.8, 4) is 0 Å². The molecule has 1 saturated carbocycles. The molecule has 1 saturated heterocycles. The van der Waals surface area contributed by atoms with Gasteiger partial charge in [0, 0.05) is 30.4 Å². The molecule has 1 heterocycles. The summed E-state index contributed by atoms with van der Waals surface area (Å²) in [4.78, 5) is 7.22. The van der Waals surface area contributed by atoms with Crippen molar-refractivity contribution < 1.29 is 0 Å². The lowest BCUT2D eigenvalue weighted by Gasteiger charge is -2.23. The number of nitrogens with zero attached hydrogens (tertiary/aromatic N) is 2. The minimum Gasteiger partial charge on any atom is -0.357 e. The number of guanidine groups is 1. The van der Waals surface area contributed by atoms with Crippen LogP contribution in [0.3, 0.4) is 0 Å². The van der Waals surface area contributed by atoms with Crippen LogP contribution in [0.4, 0.5) is 0 Å². The average Bonchev–Trinajstić information content (AvgIpc) is 3.17. The Morgan fingerprint density at radius 3 is 2.67 bits per heavy atom. The quantitative estimate of drug-likeness (QED) is 0.373. The molecular weight excluding hydrogens is 395 g/mol. The second kappa shape index (κ2) is 10.2. The summed E-state index contributed by atoms with van der Waals surface area (Å²) in [6, 6.07) is 1.34. The van der Waals surface area contributed by atoms with E-state index in [0.29, 0.717) is 6.04 Å². The molecule has 2 rings (SSSR count). The lowest BCUT2D eigenvalue weighted by Crippen LogP contribution is -2.41. The van der Waals surface area contributed by atoms with Gasteiger partial charge in [0.15, 0.2) is 5.96 Å².